The molecule has 0 aromatic heterocycles. The molecule has 2 aliphatic heterocycles. The minimum atomic E-state index is -4.88. The number of hydrogen-bond acceptors (Lipinski definition) is 4. The molecule has 1 aromatic carbocycles. The van der Waals surface area contributed by atoms with E-state index in [0.29, 0.717) is 5.56 Å². The number of para-hydroxylation sites is 1. The standard InChI is InChI=1S/C11H8F3N3O/c12-10(13,14)11(18)16-15-9-6-5-7-3-1-2-4-8(7)17(9)11/h1-6,16,18H/t11-/m1/s1. The van der Waals surface area contributed by atoms with Crippen LogP contribution in [0.5, 0.6) is 0 Å². The highest BCUT2D eigenvalue weighted by Gasteiger charge is 2.63. The molecule has 2 heterocycles. The number of alkyl halides is 3. The van der Waals surface area contributed by atoms with E-state index in [-0.39, 0.29) is 11.5 Å². The van der Waals surface area contributed by atoms with Crippen LogP contribution in [0.4, 0.5) is 18.9 Å². The van der Waals surface area contributed by atoms with Gasteiger partial charge in [0.2, 0.25) is 0 Å². The first-order chi connectivity index (χ1) is 8.43. The Morgan fingerprint density at radius 1 is 1.22 bits per heavy atom. The van der Waals surface area contributed by atoms with Gasteiger partial charge in [0.25, 0.3) is 0 Å². The molecule has 94 valence electrons. The normalized spacial score (nSPS) is 25.3. The maximum atomic E-state index is 13.0. The summed E-state index contributed by atoms with van der Waals surface area (Å²) in [6.45, 7) is 0. The number of aliphatic hydroxyl groups is 1. The van der Waals surface area contributed by atoms with Crippen molar-refractivity contribution in [1.29, 1.82) is 0 Å². The SMILES string of the molecule is O[C@]1(C(F)(F)F)NN=C2C=Cc3ccccc3N21. The molecular formula is C11H8F3N3O. The van der Waals surface area contributed by atoms with Crippen molar-refractivity contribution in [3.63, 3.8) is 0 Å². The van der Waals surface area contributed by atoms with E-state index in [1.54, 1.807) is 29.7 Å². The molecule has 3 rings (SSSR count). The first kappa shape index (κ1) is 11.1. The molecule has 0 fully saturated rings. The van der Waals surface area contributed by atoms with E-state index >= 15 is 0 Å². The summed E-state index contributed by atoms with van der Waals surface area (Å²) < 4.78 is 38.9. The average Bonchev–Trinajstić information content (AvgIpc) is 2.68. The van der Waals surface area contributed by atoms with Gasteiger partial charge in [0.05, 0.1) is 5.69 Å². The van der Waals surface area contributed by atoms with Crippen LogP contribution in [0, 0.1) is 0 Å². The molecule has 7 heteroatoms. The predicted octanol–water partition coefficient (Wildman–Crippen LogP) is 1.64. The third-order valence-electron chi connectivity index (χ3n) is 2.86. The van der Waals surface area contributed by atoms with Gasteiger partial charge < -0.3 is 5.11 Å². The van der Waals surface area contributed by atoms with Crippen molar-refractivity contribution >= 4 is 17.6 Å². The van der Waals surface area contributed by atoms with E-state index < -0.39 is 12.0 Å². The molecule has 2 N–H and O–H groups in total. The van der Waals surface area contributed by atoms with Gasteiger partial charge in [0, 0.05) is 0 Å². The fourth-order valence-electron chi connectivity index (χ4n) is 2.00. The van der Waals surface area contributed by atoms with Gasteiger partial charge in [0.15, 0.2) is 5.84 Å². The Morgan fingerprint density at radius 3 is 2.67 bits per heavy atom. The molecule has 0 saturated carbocycles. The lowest BCUT2D eigenvalue weighted by Crippen LogP contribution is -2.64. The van der Waals surface area contributed by atoms with Crippen molar-refractivity contribution in [3.8, 4) is 0 Å². The summed E-state index contributed by atoms with van der Waals surface area (Å²) in [5.41, 5.74) is 2.59. The summed E-state index contributed by atoms with van der Waals surface area (Å²) in [5.74, 6) is -3.18. The van der Waals surface area contributed by atoms with Gasteiger partial charge in [-0.3, -0.25) is 10.3 Å². The lowest BCUT2D eigenvalue weighted by atomic mass is 10.1. The van der Waals surface area contributed by atoms with Crippen molar-refractivity contribution < 1.29 is 18.3 Å². The lowest BCUT2D eigenvalue weighted by Gasteiger charge is -2.37. The summed E-state index contributed by atoms with van der Waals surface area (Å²) in [7, 11) is 0. The number of anilines is 1. The minimum Gasteiger partial charge on any atom is -0.346 e. The molecule has 0 radical (unpaired) electrons. The first-order valence-electron chi connectivity index (χ1n) is 5.15. The Labute approximate surface area is 100 Å². The summed E-state index contributed by atoms with van der Waals surface area (Å²) in [4.78, 5) is 0.738. The number of hydrogen-bond donors (Lipinski definition) is 2. The van der Waals surface area contributed by atoms with Crippen LogP contribution in [-0.4, -0.2) is 23.0 Å². The average molecular weight is 255 g/mol. The summed E-state index contributed by atoms with van der Waals surface area (Å²) in [6.07, 6.45) is -1.82. The Kier molecular flexibility index (Phi) is 2.01. The molecule has 0 aliphatic carbocycles. The molecule has 18 heavy (non-hydrogen) atoms. The Hall–Kier alpha value is -2.02. The highest BCUT2D eigenvalue weighted by Crippen LogP contribution is 2.40. The van der Waals surface area contributed by atoms with Crippen LogP contribution in [0.2, 0.25) is 0 Å². The number of amidine groups is 1. The van der Waals surface area contributed by atoms with E-state index in [9.17, 15) is 18.3 Å². The van der Waals surface area contributed by atoms with Crippen molar-refractivity contribution in [1.82, 2.24) is 5.43 Å². The Bertz CT molecular complexity index is 567. The fraction of sp³-hybridized carbons (Fsp3) is 0.182. The summed E-state index contributed by atoms with van der Waals surface area (Å²) in [5, 5.41) is 13.3. The zero-order valence-corrected chi connectivity index (χ0v) is 8.94. The highest BCUT2D eigenvalue weighted by atomic mass is 19.4. The molecule has 0 spiro atoms. The number of nitrogens with one attached hydrogen (secondary N) is 1. The fourth-order valence-corrected chi connectivity index (χ4v) is 2.00. The van der Waals surface area contributed by atoms with Crippen LogP contribution in [0.15, 0.2) is 35.4 Å². The quantitative estimate of drug-likeness (QED) is 0.741. The molecule has 0 unspecified atom stereocenters. The molecule has 0 saturated heterocycles. The first-order valence-corrected chi connectivity index (χ1v) is 5.15. The van der Waals surface area contributed by atoms with Crippen molar-refractivity contribution in [2.24, 2.45) is 5.10 Å². The van der Waals surface area contributed by atoms with Gasteiger partial charge in [-0.1, -0.05) is 18.2 Å². The molecular weight excluding hydrogens is 247 g/mol. The van der Waals surface area contributed by atoms with Crippen LogP contribution in [0.25, 0.3) is 6.08 Å². The summed E-state index contributed by atoms with van der Waals surface area (Å²) >= 11 is 0. The zero-order valence-electron chi connectivity index (χ0n) is 8.94. The maximum absolute atomic E-state index is 13.0. The second kappa shape index (κ2) is 3.26. The smallest absolute Gasteiger partial charge is 0.346 e. The Balaban J connectivity index is 2.17. The number of rotatable bonds is 0. The van der Waals surface area contributed by atoms with E-state index in [4.69, 9.17) is 0 Å². The van der Waals surface area contributed by atoms with Crippen LogP contribution in [0.3, 0.4) is 0 Å². The van der Waals surface area contributed by atoms with Crippen molar-refractivity contribution in [3.05, 3.63) is 35.9 Å². The van der Waals surface area contributed by atoms with Gasteiger partial charge in [-0.05, 0) is 23.8 Å². The van der Waals surface area contributed by atoms with Gasteiger partial charge in [-0.2, -0.15) is 18.3 Å². The van der Waals surface area contributed by atoms with Crippen LogP contribution >= 0.6 is 0 Å². The van der Waals surface area contributed by atoms with Crippen molar-refractivity contribution in [2.45, 2.75) is 12.0 Å². The molecule has 1 aromatic rings. The van der Waals surface area contributed by atoms with Gasteiger partial charge in [0.1, 0.15) is 0 Å². The number of benzene rings is 1. The largest absolute Gasteiger partial charge is 0.460 e. The molecule has 0 amide bonds. The van der Waals surface area contributed by atoms with Gasteiger partial charge >= 0.3 is 12.0 Å². The Morgan fingerprint density at radius 2 is 1.94 bits per heavy atom. The number of nitrogens with zero attached hydrogens (tertiary/aromatic N) is 2. The second-order valence-electron chi connectivity index (χ2n) is 3.98. The minimum absolute atomic E-state index is 0.0218. The third kappa shape index (κ3) is 1.28. The molecule has 1 atom stereocenters. The summed E-state index contributed by atoms with van der Waals surface area (Å²) in [6, 6.07) is 6.47. The highest BCUT2D eigenvalue weighted by molar-refractivity contribution is 6.13. The van der Waals surface area contributed by atoms with E-state index in [1.165, 1.54) is 12.1 Å². The van der Waals surface area contributed by atoms with Crippen LogP contribution in [-0.2, 0) is 0 Å². The third-order valence-corrected chi connectivity index (χ3v) is 2.86. The second-order valence-corrected chi connectivity index (χ2v) is 3.98. The zero-order chi connectivity index (χ0) is 13.0. The van der Waals surface area contributed by atoms with Crippen LogP contribution in [0.1, 0.15) is 5.56 Å². The molecule has 4 nitrogen and oxygen atoms in total. The van der Waals surface area contributed by atoms with Crippen LogP contribution < -0.4 is 10.3 Å². The lowest BCUT2D eigenvalue weighted by molar-refractivity contribution is -0.264. The maximum Gasteiger partial charge on any atom is 0.460 e. The monoisotopic (exact) mass is 255 g/mol. The van der Waals surface area contributed by atoms with E-state index in [1.807, 2.05) is 0 Å². The number of fused-ring (bicyclic) bond motifs is 3. The van der Waals surface area contributed by atoms with E-state index in [0.717, 1.165) is 4.90 Å². The molecule has 2 aliphatic rings. The van der Waals surface area contributed by atoms with Gasteiger partial charge in [-0.25, -0.2) is 0 Å². The topological polar surface area (TPSA) is 47.9 Å². The predicted molar refractivity (Wildman–Crippen MR) is 59.5 cm³/mol. The number of hydrazone groups is 1. The van der Waals surface area contributed by atoms with Crippen molar-refractivity contribution in [2.75, 3.05) is 4.90 Å². The van der Waals surface area contributed by atoms with E-state index in [2.05, 4.69) is 5.10 Å². The van der Waals surface area contributed by atoms with Gasteiger partial charge in [-0.15, -0.1) is 0 Å². The molecule has 0 bridgehead atoms. The number of halogens is 3.